The van der Waals surface area contributed by atoms with Gasteiger partial charge in [0.1, 0.15) is 6.04 Å². The first kappa shape index (κ1) is 24.1. The summed E-state index contributed by atoms with van der Waals surface area (Å²) in [6.07, 6.45) is 0.918. The quantitative estimate of drug-likeness (QED) is 0.322. The van der Waals surface area contributed by atoms with Crippen molar-refractivity contribution in [3.8, 4) is 0 Å². The summed E-state index contributed by atoms with van der Waals surface area (Å²) in [6, 6.07) is 17.1. The van der Waals surface area contributed by atoms with E-state index in [0.717, 1.165) is 22.5 Å². The molecule has 0 unspecified atom stereocenters. The molecule has 9 heteroatoms. The maximum absolute atomic E-state index is 13.1. The molecule has 1 heterocycles. The van der Waals surface area contributed by atoms with E-state index < -0.39 is 29.9 Å². The number of carboxylic acids is 2. The van der Waals surface area contributed by atoms with Gasteiger partial charge in [0.2, 0.25) is 5.91 Å². The van der Waals surface area contributed by atoms with Crippen LogP contribution in [0.4, 0.5) is 5.13 Å². The second-order valence-electron chi connectivity index (χ2n) is 7.53. The topological polar surface area (TPSA) is 129 Å². The van der Waals surface area contributed by atoms with Crippen LogP contribution in [-0.2, 0) is 33.6 Å². The smallest absolute Gasteiger partial charge is 0.320 e. The number of amides is 1. The van der Waals surface area contributed by atoms with Crippen LogP contribution >= 0.6 is 11.3 Å². The zero-order valence-electron chi connectivity index (χ0n) is 17.8. The fourth-order valence-electron chi connectivity index (χ4n) is 3.35. The van der Waals surface area contributed by atoms with Crippen LogP contribution in [0, 0.1) is 0 Å². The predicted molar refractivity (Wildman–Crippen MR) is 125 cm³/mol. The highest BCUT2D eigenvalue weighted by Crippen LogP contribution is 2.17. The van der Waals surface area contributed by atoms with Gasteiger partial charge in [0.05, 0.1) is 18.2 Å². The normalized spacial score (nSPS) is 12.6. The molecule has 0 aliphatic carbocycles. The van der Waals surface area contributed by atoms with E-state index in [0.29, 0.717) is 18.5 Å². The van der Waals surface area contributed by atoms with Gasteiger partial charge in [-0.25, -0.2) is 4.98 Å². The molecular formula is C24H25N3O5S. The average molecular weight is 468 g/mol. The minimum atomic E-state index is -1.03. The van der Waals surface area contributed by atoms with Crippen LogP contribution < -0.4 is 10.6 Å². The zero-order chi connectivity index (χ0) is 23.6. The van der Waals surface area contributed by atoms with Gasteiger partial charge >= 0.3 is 11.9 Å². The number of hydrogen-bond donors (Lipinski definition) is 4. The van der Waals surface area contributed by atoms with Crippen molar-refractivity contribution >= 4 is 34.3 Å². The van der Waals surface area contributed by atoms with Crippen LogP contribution in [0.15, 0.2) is 66.0 Å². The van der Waals surface area contributed by atoms with Gasteiger partial charge in [0, 0.05) is 5.38 Å². The lowest BCUT2D eigenvalue weighted by Gasteiger charge is -2.23. The van der Waals surface area contributed by atoms with Gasteiger partial charge in [-0.1, -0.05) is 60.7 Å². The van der Waals surface area contributed by atoms with Crippen molar-refractivity contribution < 1.29 is 24.6 Å². The number of rotatable bonds is 12. The standard InChI is InChI=1S/C24H25N3O5S/c28-21(29)14-18-15-33-24(25-18)27-22(30)20(13-17-9-5-2-6-10-17)26-19(23(31)32)12-11-16-7-3-1-4-8-16/h1-10,15,19-20,26H,11-14H2,(H,28,29)(H,31,32)(H,25,27,30)/t19-,20-/m0/s1. The number of carboxylic acid groups (broad SMARTS) is 2. The van der Waals surface area contributed by atoms with E-state index in [1.165, 1.54) is 0 Å². The number of benzene rings is 2. The van der Waals surface area contributed by atoms with Gasteiger partial charge in [-0.2, -0.15) is 0 Å². The Bertz CT molecular complexity index is 1070. The third-order valence-electron chi connectivity index (χ3n) is 4.98. The number of nitrogens with zero attached hydrogens (tertiary/aromatic N) is 1. The van der Waals surface area contributed by atoms with Gasteiger partial charge in [0.15, 0.2) is 5.13 Å². The zero-order valence-corrected chi connectivity index (χ0v) is 18.6. The molecule has 0 fully saturated rings. The average Bonchev–Trinajstić information content (AvgIpc) is 3.22. The van der Waals surface area contributed by atoms with Crippen LogP contribution in [-0.4, -0.2) is 45.1 Å². The van der Waals surface area contributed by atoms with E-state index in [1.54, 1.807) is 5.38 Å². The Kier molecular flexibility index (Phi) is 8.68. The second-order valence-corrected chi connectivity index (χ2v) is 8.39. The molecule has 0 aliphatic heterocycles. The fraction of sp³-hybridized carbons (Fsp3) is 0.250. The Morgan fingerprint density at radius 3 is 2.15 bits per heavy atom. The fourth-order valence-corrected chi connectivity index (χ4v) is 4.06. The van der Waals surface area contributed by atoms with Crippen molar-refractivity contribution in [3.63, 3.8) is 0 Å². The van der Waals surface area contributed by atoms with Crippen LogP contribution in [0.1, 0.15) is 23.2 Å². The molecule has 0 saturated heterocycles. The SMILES string of the molecule is O=C(O)Cc1csc(NC(=O)[C@H](Cc2ccccc2)N[C@@H](CCc2ccccc2)C(=O)O)n1. The Hall–Kier alpha value is -3.56. The van der Waals surface area contributed by atoms with E-state index in [1.807, 2.05) is 60.7 Å². The van der Waals surface area contributed by atoms with Crippen molar-refractivity contribution in [1.29, 1.82) is 0 Å². The summed E-state index contributed by atoms with van der Waals surface area (Å²) in [5.74, 6) is -2.47. The van der Waals surface area contributed by atoms with Gasteiger partial charge in [-0.3, -0.25) is 19.7 Å². The summed E-state index contributed by atoms with van der Waals surface area (Å²) in [4.78, 5) is 40.0. The first-order chi connectivity index (χ1) is 15.9. The molecular weight excluding hydrogens is 442 g/mol. The summed E-state index contributed by atoms with van der Waals surface area (Å²) in [6.45, 7) is 0. The van der Waals surface area contributed by atoms with Crippen LogP contribution in [0.5, 0.6) is 0 Å². The summed E-state index contributed by atoms with van der Waals surface area (Å²) < 4.78 is 0. The number of aliphatic carboxylic acids is 2. The lowest BCUT2D eigenvalue weighted by molar-refractivity contribution is -0.140. The third kappa shape index (κ3) is 7.81. The molecule has 3 rings (SSSR count). The van der Waals surface area contributed by atoms with Gasteiger partial charge in [-0.15, -0.1) is 11.3 Å². The van der Waals surface area contributed by atoms with Crippen molar-refractivity contribution in [1.82, 2.24) is 10.3 Å². The first-order valence-electron chi connectivity index (χ1n) is 10.4. The Labute approximate surface area is 195 Å². The largest absolute Gasteiger partial charge is 0.481 e. The third-order valence-corrected chi connectivity index (χ3v) is 5.78. The summed E-state index contributed by atoms with van der Waals surface area (Å²) >= 11 is 1.13. The van der Waals surface area contributed by atoms with E-state index in [2.05, 4.69) is 15.6 Å². The van der Waals surface area contributed by atoms with E-state index in [-0.39, 0.29) is 18.0 Å². The Balaban J connectivity index is 1.72. The number of aryl methyl sites for hydroxylation is 1. The molecule has 2 atom stereocenters. The van der Waals surface area contributed by atoms with Crippen LogP contribution in [0.2, 0.25) is 0 Å². The highest BCUT2D eigenvalue weighted by Gasteiger charge is 2.27. The number of hydrogen-bond acceptors (Lipinski definition) is 6. The molecule has 4 N–H and O–H groups in total. The van der Waals surface area contributed by atoms with Crippen LogP contribution in [0.3, 0.4) is 0 Å². The van der Waals surface area contributed by atoms with E-state index in [4.69, 9.17) is 5.11 Å². The van der Waals surface area contributed by atoms with E-state index >= 15 is 0 Å². The van der Waals surface area contributed by atoms with Gasteiger partial charge in [-0.05, 0) is 30.4 Å². The molecule has 172 valence electrons. The summed E-state index contributed by atoms with van der Waals surface area (Å²) in [5.41, 5.74) is 2.24. The molecule has 0 radical (unpaired) electrons. The molecule has 0 spiro atoms. The molecule has 0 saturated carbocycles. The minimum Gasteiger partial charge on any atom is -0.481 e. The lowest BCUT2D eigenvalue weighted by atomic mass is 10.0. The number of nitrogens with one attached hydrogen (secondary N) is 2. The molecule has 1 aromatic heterocycles. The minimum absolute atomic E-state index is 0.237. The summed E-state index contributed by atoms with van der Waals surface area (Å²) in [7, 11) is 0. The van der Waals surface area contributed by atoms with Gasteiger partial charge < -0.3 is 15.5 Å². The summed E-state index contributed by atoms with van der Waals surface area (Å²) in [5, 5.41) is 26.2. The number of carbonyl (C=O) groups is 3. The predicted octanol–water partition coefficient (Wildman–Crippen LogP) is 3.00. The molecule has 8 nitrogen and oxygen atoms in total. The molecule has 0 bridgehead atoms. The van der Waals surface area contributed by atoms with E-state index in [9.17, 15) is 19.5 Å². The lowest BCUT2D eigenvalue weighted by Crippen LogP contribution is -2.50. The maximum Gasteiger partial charge on any atom is 0.320 e. The number of carbonyl (C=O) groups excluding carboxylic acids is 1. The monoisotopic (exact) mass is 467 g/mol. The van der Waals surface area contributed by atoms with Crippen molar-refractivity contribution in [2.75, 3.05) is 5.32 Å². The number of aromatic nitrogens is 1. The molecule has 2 aromatic carbocycles. The first-order valence-corrected chi connectivity index (χ1v) is 11.3. The number of thiazole rings is 1. The molecule has 3 aromatic rings. The highest BCUT2D eigenvalue weighted by atomic mass is 32.1. The Morgan fingerprint density at radius 1 is 0.909 bits per heavy atom. The van der Waals surface area contributed by atoms with Crippen molar-refractivity contribution in [2.24, 2.45) is 0 Å². The second kappa shape index (κ2) is 11.9. The van der Waals surface area contributed by atoms with Crippen molar-refractivity contribution in [2.45, 2.75) is 37.8 Å². The van der Waals surface area contributed by atoms with Gasteiger partial charge in [0.25, 0.3) is 0 Å². The maximum atomic E-state index is 13.1. The Morgan fingerprint density at radius 2 is 1.55 bits per heavy atom. The van der Waals surface area contributed by atoms with Crippen molar-refractivity contribution in [3.05, 3.63) is 82.9 Å². The molecule has 33 heavy (non-hydrogen) atoms. The number of anilines is 1. The van der Waals surface area contributed by atoms with Crippen LogP contribution in [0.25, 0.3) is 0 Å². The molecule has 0 aliphatic rings. The molecule has 1 amide bonds. The highest BCUT2D eigenvalue weighted by molar-refractivity contribution is 7.13.